The Kier molecular flexibility index (Phi) is 5.18. The standard InChI is InChI=1S/C17H27N3O3/c21-14(18-13-9-5-2-6-10-13)11-20-16(22)15(19-17(20)23)12-7-3-1-4-8-12/h12-13,15H,1-11H2,(H,18,21)(H,19,23)/t15-/m1/s1. The Balaban J connectivity index is 1.53. The Morgan fingerprint density at radius 2 is 1.61 bits per heavy atom. The predicted molar refractivity (Wildman–Crippen MR) is 85.6 cm³/mol. The topological polar surface area (TPSA) is 78.5 Å². The third-order valence-electron chi connectivity index (χ3n) is 5.45. The van der Waals surface area contributed by atoms with Crippen LogP contribution in [0.3, 0.4) is 0 Å². The third kappa shape index (κ3) is 3.85. The minimum absolute atomic E-state index is 0.148. The van der Waals surface area contributed by atoms with Crippen LogP contribution in [-0.2, 0) is 9.59 Å². The second-order valence-corrected chi connectivity index (χ2v) is 7.15. The highest BCUT2D eigenvalue weighted by Crippen LogP contribution is 2.29. The first-order valence-corrected chi connectivity index (χ1v) is 9.06. The minimum Gasteiger partial charge on any atom is -0.352 e. The predicted octanol–water partition coefficient (Wildman–Crippen LogP) is 1.94. The summed E-state index contributed by atoms with van der Waals surface area (Å²) in [5, 5.41) is 5.76. The maximum Gasteiger partial charge on any atom is 0.325 e. The summed E-state index contributed by atoms with van der Waals surface area (Å²) in [5.41, 5.74) is 0. The lowest BCUT2D eigenvalue weighted by Gasteiger charge is -2.26. The van der Waals surface area contributed by atoms with E-state index in [0.717, 1.165) is 56.3 Å². The molecule has 0 aromatic carbocycles. The number of rotatable bonds is 4. The molecule has 1 atom stereocenters. The van der Waals surface area contributed by atoms with E-state index in [9.17, 15) is 14.4 Å². The first-order valence-electron chi connectivity index (χ1n) is 9.06. The number of amides is 4. The molecule has 0 aromatic rings. The van der Waals surface area contributed by atoms with E-state index in [1.807, 2.05) is 0 Å². The fourth-order valence-corrected chi connectivity index (χ4v) is 4.14. The lowest BCUT2D eigenvalue weighted by Crippen LogP contribution is -2.45. The molecule has 2 aliphatic carbocycles. The summed E-state index contributed by atoms with van der Waals surface area (Å²) >= 11 is 0. The van der Waals surface area contributed by atoms with Gasteiger partial charge in [-0.1, -0.05) is 38.5 Å². The molecule has 2 saturated carbocycles. The number of hydrogen-bond donors (Lipinski definition) is 2. The van der Waals surface area contributed by atoms with Gasteiger partial charge in [0, 0.05) is 6.04 Å². The lowest BCUT2D eigenvalue weighted by molar-refractivity contribution is -0.133. The average molecular weight is 321 g/mol. The summed E-state index contributed by atoms with van der Waals surface area (Å²) in [5.74, 6) is -0.211. The van der Waals surface area contributed by atoms with Crippen LogP contribution in [0.15, 0.2) is 0 Å². The van der Waals surface area contributed by atoms with Gasteiger partial charge in [-0.25, -0.2) is 4.79 Å². The van der Waals surface area contributed by atoms with Crippen molar-refractivity contribution in [3.8, 4) is 0 Å². The van der Waals surface area contributed by atoms with E-state index < -0.39 is 12.1 Å². The third-order valence-corrected chi connectivity index (χ3v) is 5.45. The van der Waals surface area contributed by atoms with Crippen LogP contribution in [0.1, 0.15) is 64.2 Å². The van der Waals surface area contributed by atoms with Crippen LogP contribution in [0, 0.1) is 5.92 Å². The normalized spacial score (nSPS) is 27.1. The molecule has 0 radical (unpaired) electrons. The Morgan fingerprint density at radius 3 is 2.26 bits per heavy atom. The summed E-state index contributed by atoms with van der Waals surface area (Å²) in [6.07, 6.45) is 10.9. The van der Waals surface area contributed by atoms with Crippen molar-refractivity contribution >= 4 is 17.8 Å². The van der Waals surface area contributed by atoms with Crippen LogP contribution in [0.5, 0.6) is 0 Å². The van der Waals surface area contributed by atoms with Gasteiger partial charge in [0.25, 0.3) is 5.91 Å². The second-order valence-electron chi connectivity index (χ2n) is 7.15. The minimum atomic E-state index is -0.426. The van der Waals surface area contributed by atoms with Crippen molar-refractivity contribution in [3.63, 3.8) is 0 Å². The van der Waals surface area contributed by atoms with Gasteiger partial charge in [-0.2, -0.15) is 0 Å². The van der Waals surface area contributed by atoms with Crippen LogP contribution < -0.4 is 10.6 Å². The summed E-state index contributed by atoms with van der Waals surface area (Å²) < 4.78 is 0. The highest BCUT2D eigenvalue weighted by molar-refractivity contribution is 6.06. The largest absolute Gasteiger partial charge is 0.352 e. The van der Waals surface area contributed by atoms with Gasteiger partial charge in [-0.15, -0.1) is 0 Å². The first-order chi connectivity index (χ1) is 11.1. The molecule has 2 N–H and O–H groups in total. The van der Waals surface area contributed by atoms with Gasteiger partial charge in [-0.05, 0) is 31.6 Å². The maximum atomic E-state index is 12.5. The van der Waals surface area contributed by atoms with Crippen LogP contribution in [-0.4, -0.2) is 41.4 Å². The van der Waals surface area contributed by atoms with E-state index >= 15 is 0 Å². The summed E-state index contributed by atoms with van der Waals surface area (Å²) in [6.45, 7) is -0.148. The number of urea groups is 1. The number of carbonyl (C=O) groups excluding carboxylic acids is 3. The van der Waals surface area contributed by atoms with Crippen LogP contribution in [0.2, 0.25) is 0 Å². The van der Waals surface area contributed by atoms with E-state index in [-0.39, 0.29) is 30.3 Å². The zero-order valence-electron chi connectivity index (χ0n) is 13.7. The highest BCUT2D eigenvalue weighted by atomic mass is 16.2. The molecule has 6 nitrogen and oxygen atoms in total. The maximum absolute atomic E-state index is 12.5. The highest BCUT2D eigenvalue weighted by Gasteiger charge is 2.43. The number of hydrogen-bond acceptors (Lipinski definition) is 3. The van der Waals surface area contributed by atoms with E-state index in [1.54, 1.807) is 0 Å². The van der Waals surface area contributed by atoms with Gasteiger partial charge in [0.05, 0.1) is 0 Å². The van der Waals surface area contributed by atoms with Crippen LogP contribution in [0.25, 0.3) is 0 Å². The van der Waals surface area contributed by atoms with Crippen molar-refractivity contribution in [1.29, 1.82) is 0 Å². The summed E-state index contributed by atoms with van der Waals surface area (Å²) in [6, 6.07) is -0.638. The molecule has 128 valence electrons. The van der Waals surface area contributed by atoms with Crippen LogP contribution in [0.4, 0.5) is 4.79 Å². The van der Waals surface area contributed by atoms with Gasteiger partial charge in [0.2, 0.25) is 5.91 Å². The lowest BCUT2D eigenvalue weighted by atomic mass is 9.84. The molecule has 1 aliphatic heterocycles. The molecule has 0 spiro atoms. The van der Waals surface area contributed by atoms with Crippen molar-refractivity contribution in [3.05, 3.63) is 0 Å². The van der Waals surface area contributed by atoms with Gasteiger partial charge in [0.15, 0.2) is 0 Å². The molecule has 3 fully saturated rings. The van der Waals surface area contributed by atoms with Crippen molar-refractivity contribution in [2.75, 3.05) is 6.54 Å². The fourth-order valence-electron chi connectivity index (χ4n) is 4.14. The summed E-state index contributed by atoms with van der Waals surface area (Å²) in [4.78, 5) is 37.8. The monoisotopic (exact) mass is 321 g/mol. The molecule has 1 heterocycles. The molecule has 3 aliphatic rings. The second kappa shape index (κ2) is 7.32. The fraction of sp³-hybridized carbons (Fsp3) is 0.824. The molecule has 0 aromatic heterocycles. The number of carbonyl (C=O) groups is 3. The Morgan fingerprint density at radius 1 is 1.00 bits per heavy atom. The molecule has 0 unspecified atom stereocenters. The number of nitrogens with zero attached hydrogens (tertiary/aromatic N) is 1. The smallest absolute Gasteiger partial charge is 0.325 e. The molecule has 4 amide bonds. The molecule has 1 saturated heterocycles. The Hall–Kier alpha value is -1.59. The van der Waals surface area contributed by atoms with Crippen molar-refractivity contribution in [2.45, 2.75) is 76.3 Å². The zero-order chi connectivity index (χ0) is 16.2. The average Bonchev–Trinajstić information content (AvgIpc) is 2.85. The number of nitrogens with one attached hydrogen (secondary N) is 2. The van der Waals surface area contributed by atoms with Crippen molar-refractivity contribution in [1.82, 2.24) is 15.5 Å². The molecule has 23 heavy (non-hydrogen) atoms. The molecule has 3 rings (SSSR count). The van der Waals surface area contributed by atoms with Gasteiger partial charge in [0.1, 0.15) is 12.6 Å². The first kappa shape index (κ1) is 16.3. The summed E-state index contributed by atoms with van der Waals surface area (Å²) in [7, 11) is 0. The SMILES string of the molecule is O=C(CN1C(=O)N[C@H](C2CCCCC2)C1=O)NC1CCCCC1. The quantitative estimate of drug-likeness (QED) is 0.777. The van der Waals surface area contributed by atoms with Gasteiger partial charge in [-0.3, -0.25) is 14.5 Å². The molecular weight excluding hydrogens is 294 g/mol. The van der Waals surface area contributed by atoms with Crippen molar-refractivity contribution < 1.29 is 14.4 Å². The van der Waals surface area contributed by atoms with Crippen LogP contribution >= 0.6 is 0 Å². The molecule has 6 heteroatoms. The van der Waals surface area contributed by atoms with E-state index in [1.165, 1.54) is 12.8 Å². The van der Waals surface area contributed by atoms with E-state index in [0.29, 0.717) is 0 Å². The van der Waals surface area contributed by atoms with E-state index in [4.69, 9.17) is 0 Å². The van der Waals surface area contributed by atoms with Gasteiger partial charge >= 0.3 is 6.03 Å². The zero-order valence-corrected chi connectivity index (χ0v) is 13.7. The van der Waals surface area contributed by atoms with E-state index in [2.05, 4.69) is 10.6 Å². The Labute approximate surface area is 137 Å². The number of imide groups is 1. The van der Waals surface area contributed by atoms with Gasteiger partial charge < -0.3 is 10.6 Å². The molecule has 0 bridgehead atoms. The Bertz CT molecular complexity index is 468. The van der Waals surface area contributed by atoms with Crippen molar-refractivity contribution in [2.24, 2.45) is 5.92 Å². The molecular formula is C17H27N3O3.